The molecule has 25 heavy (non-hydrogen) atoms. The van der Waals surface area contributed by atoms with E-state index in [4.69, 9.17) is 5.73 Å². The molecule has 0 saturated heterocycles. The largest absolute Gasteiger partial charge is 0.382 e. The lowest BCUT2D eigenvalue weighted by Crippen LogP contribution is -2.15. The average Bonchev–Trinajstić information content (AvgIpc) is 3.14. The highest BCUT2D eigenvalue weighted by atomic mass is 32.2. The van der Waals surface area contributed by atoms with E-state index in [0.29, 0.717) is 28.6 Å². The molecule has 8 heteroatoms. The fourth-order valence-electron chi connectivity index (χ4n) is 2.51. The Kier molecular flexibility index (Phi) is 4.49. The minimum absolute atomic E-state index is 0.205. The third kappa shape index (κ3) is 3.35. The summed E-state index contributed by atoms with van der Waals surface area (Å²) in [6.45, 7) is 5.42. The summed E-state index contributed by atoms with van der Waals surface area (Å²) in [4.78, 5) is 8.79. The van der Waals surface area contributed by atoms with E-state index in [-0.39, 0.29) is 4.90 Å². The van der Waals surface area contributed by atoms with Crippen LogP contribution in [-0.2, 0) is 10.0 Å². The van der Waals surface area contributed by atoms with Gasteiger partial charge in [-0.25, -0.2) is 22.4 Å². The number of thiazole rings is 1. The van der Waals surface area contributed by atoms with Crippen LogP contribution in [0.5, 0.6) is 0 Å². The SMILES string of the molecule is Cc1nc(C(N)=Nc2ccc(S(=O)(=O)n3c(C)ccc3C)cc2)cs1. The molecule has 0 bridgehead atoms. The highest BCUT2D eigenvalue weighted by Gasteiger charge is 2.20. The Labute approximate surface area is 150 Å². The summed E-state index contributed by atoms with van der Waals surface area (Å²) in [7, 11) is -3.62. The van der Waals surface area contributed by atoms with Gasteiger partial charge in [0.25, 0.3) is 10.0 Å². The molecule has 3 aromatic rings. The van der Waals surface area contributed by atoms with E-state index in [9.17, 15) is 8.42 Å². The molecule has 0 aliphatic rings. The van der Waals surface area contributed by atoms with Crippen molar-refractivity contribution in [2.45, 2.75) is 25.7 Å². The van der Waals surface area contributed by atoms with E-state index >= 15 is 0 Å². The lowest BCUT2D eigenvalue weighted by molar-refractivity contribution is 0.585. The lowest BCUT2D eigenvalue weighted by atomic mass is 10.3. The van der Waals surface area contributed by atoms with Crippen LogP contribution < -0.4 is 5.73 Å². The molecule has 0 aliphatic carbocycles. The number of hydrogen-bond acceptors (Lipinski definition) is 5. The number of nitrogens with zero attached hydrogens (tertiary/aromatic N) is 3. The summed E-state index contributed by atoms with van der Waals surface area (Å²) < 4.78 is 26.9. The predicted octanol–water partition coefficient (Wildman–Crippen LogP) is 3.14. The van der Waals surface area contributed by atoms with Crippen molar-refractivity contribution in [2.24, 2.45) is 10.7 Å². The Morgan fingerprint density at radius 1 is 1.08 bits per heavy atom. The minimum Gasteiger partial charge on any atom is -0.382 e. The van der Waals surface area contributed by atoms with E-state index in [1.165, 1.54) is 27.4 Å². The number of hydrogen-bond donors (Lipinski definition) is 1. The number of benzene rings is 1. The van der Waals surface area contributed by atoms with Crippen molar-refractivity contribution < 1.29 is 8.42 Å². The molecule has 0 atom stereocenters. The van der Waals surface area contributed by atoms with Gasteiger partial charge >= 0.3 is 0 Å². The maximum atomic E-state index is 12.8. The van der Waals surface area contributed by atoms with E-state index < -0.39 is 10.0 Å². The summed E-state index contributed by atoms with van der Waals surface area (Å²) in [6.07, 6.45) is 0. The summed E-state index contributed by atoms with van der Waals surface area (Å²) in [5.41, 5.74) is 8.49. The highest BCUT2D eigenvalue weighted by molar-refractivity contribution is 7.90. The Hall–Kier alpha value is -2.45. The maximum Gasteiger partial charge on any atom is 0.268 e. The maximum absolute atomic E-state index is 12.8. The third-order valence-electron chi connectivity index (χ3n) is 3.71. The van der Waals surface area contributed by atoms with Crippen molar-refractivity contribution in [3.63, 3.8) is 0 Å². The first-order valence-electron chi connectivity index (χ1n) is 7.56. The summed E-state index contributed by atoms with van der Waals surface area (Å²) in [5, 5.41) is 2.75. The van der Waals surface area contributed by atoms with Crippen molar-refractivity contribution in [3.05, 3.63) is 63.9 Å². The second-order valence-electron chi connectivity index (χ2n) is 5.63. The monoisotopic (exact) mass is 374 g/mol. The fourth-order valence-corrected chi connectivity index (χ4v) is 4.69. The van der Waals surface area contributed by atoms with Crippen molar-refractivity contribution in [3.8, 4) is 0 Å². The average molecular weight is 374 g/mol. The second-order valence-corrected chi connectivity index (χ2v) is 8.48. The zero-order valence-electron chi connectivity index (χ0n) is 14.1. The van der Waals surface area contributed by atoms with Crippen LogP contribution in [0.2, 0.25) is 0 Å². The molecule has 2 aromatic heterocycles. The van der Waals surface area contributed by atoms with Gasteiger partial charge in [-0.3, -0.25) is 0 Å². The summed E-state index contributed by atoms with van der Waals surface area (Å²) in [6, 6.07) is 9.89. The van der Waals surface area contributed by atoms with Crippen molar-refractivity contribution in [1.82, 2.24) is 8.96 Å². The normalized spacial score (nSPS) is 12.5. The van der Waals surface area contributed by atoms with Crippen LogP contribution in [0.15, 0.2) is 51.7 Å². The van der Waals surface area contributed by atoms with Crippen molar-refractivity contribution in [1.29, 1.82) is 0 Å². The molecule has 0 spiro atoms. The Morgan fingerprint density at radius 3 is 2.20 bits per heavy atom. The van der Waals surface area contributed by atoms with Gasteiger partial charge < -0.3 is 5.73 Å². The zero-order valence-corrected chi connectivity index (χ0v) is 15.7. The number of aromatic nitrogens is 2. The molecule has 0 radical (unpaired) electrons. The van der Waals surface area contributed by atoms with Gasteiger partial charge in [-0.15, -0.1) is 11.3 Å². The Balaban J connectivity index is 1.93. The molecular formula is C17H18N4O2S2. The molecule has 0 aliphatic heterocycles. The van der Waals surface area contributed by atoms with Gasteiger partial charge in [0, 0.05) is 16.8 Å². The number of aliphatic imine (C=N–C) groups is 1. The van der Waals surface area contributed by atoms with Crippen molar-refractivity contribution >= 4 is 32.9 Å². The van der Waals surface area contributed by atoms with Crippen molar-refractivity contribution in [2.75, 3.05) is 0 Å². The first kappa shape index (κ1) is 17.4. The van der Waals surface area contributed by atoms with Gasteiger partial charge in [0.05, 0.1) is 15.6 Å². The Bertz CT molecular complexity index is 1030. The van der Waals surface area contributed by atoms with Crippen LogP contribution in [0.1, 0.15) is 22.1 Å². The van der Waals surface area contributed by atoms with Gasteiger partial charge in [0.2, 0.25) is 0 Å². The predicted molar refractivity (Wildman–Crippen MR) is 100 cm³/mol. The van der Waals surface area contributed by atoms with Crippen LogP contribution in [0.25, 0.3) is 0 Å². The summed E-state index contributed by atoms with van der Waals surface area (Å²) >= 11 is 1.50. The fraction of sp³-hybridized carbons (Fsp3) is 0.176. The first-order valence-corrected chi connectivity index (χ1v) is 9.88. The number of rotatable bonds is 4. The molecule has 130 valence electrons. The van der Waals surface area contributed by atoms with Gasteiger partial charge in [0.1, 0.15) is 5.69 Å². The van der Waals surface area contributed by atoms with Crippen LogP contribution >= 0.6 is 11.3 Å². The molecule has 1 aromatic carbocycles. The third-order valence-corrected chi connectivity index (χ3v) is 6.41. The van der Waals surface area contributed by atoms with Gasteiger partial charge in [-0.1, -0.05) is 0 Å². The molecule has 2 heterocycles. The number of amidine groups is 1. The van der Waals surface area contributed by atoms with Crippen LogP contribution in [-0.4, -0.2) is 23.2 Å². The zero-order chi connectivity index (χ0) is 18.2. The molecule has 2 N–H and O–H groups in total. The smallest absolute Gasteiger partial charge is 0.268 e. The van der Waals surface area contributed by atoms with Gasteiger partial charge in [-0.2, -0.15) is 0 Å². The quantitative estimate of drug-likeness (QED) is 0.561. The lowest BCUT2D eigenvalue weighted by Gasteiger charge is -2.10. The molecule has 0 saturated carbocycles. The van der Waals surface area contributed by atoms with Gasteiger partial charge in [-0.05, 0) is 57.2 Å². The molecule has 6 nitrogen and oxygen atoms in total. The van der Waals surface area contributed by atoms with Gasteiger partial charge in [0.15, 0.2) is 5.84 Å². The molecule has 0 unspecified atom stereocenters. The van der Waals surface area contributed by atoms with E-state index in [2.05, 4.69) is 9.98 Å². The Morgan fingerprint density at radius 2 is 1.68 bits per heavy atom. The summed E-state index contributed by atoms with van der Waals surface area (Å²) in [5.74, 6) is 0.303. The molecule has 0 amide bonds. The van der Waals surface area contributed by atoms with Crippen LogP contribution in [0, 0.1) is 20.8 Å². The highest BCUT2D eigenvalue weighted by Crippen LogP contribution is 2.22. The molecule has 0 fully saturated rings. The number of nitrogens with two attached hydrogens (primary N) is 1. The molecular weight excluding hydrogens is 356 g/mol. The van der Waals surface area contributed by atoms with E-state index in [1.54, 1.807) is 38.1 Å². The van der Waals surface area contributed by atoms with E-state index in [1.807, 2.05) is 12.3 Å². The standard InChI is InChI=1S/C17H18N4O2S2/c1-11-4-5-12(2)21(11)25(22,23)15-8-6-14(7-9-15)20-17(18)16-10-24-13(3)19-16/h4-10H,1-3H3,(H2,18,20). The van der Waals surface area contributed by atoms with Crippen LogP contribution in [0.4, 0.5) is 5.69 Å². The second kappa shape index (κ2) is 6.45. The number of aryl methyl sites for hydroxylation is 3. The topological polar surface area (TPSA) is 90.3 Å². The minimum atomic E-state index is -3.62. The van der Waals surface area contributed by atoms with E-state index in [0.717, 1.165) is 5.01 Å². The molecule has 3 rings (SSSR count). The van der Waals surface area contributed by atoms with Crippen LogP contribution in [0.3, 0.4) is 0 Å². The first-order chi connectivity index (χ1) is 11.8.